The Hall–Kier alpha value is -1.05. The summed E-state index contributed by atoms with van der Waals surface area (Å²) in [7, 11) is 0. The first-order valence-electron chi connectivity index (χ1n) is 6.26. The number of allylic oxidation sites excluding steroid dienone is 2. The number of ketones is 1. The number of Topliss-reactive ketones (excluding diaryl/α,β-unsaturated/α-hetero) is 1. The first-order valence-corrected chi connectivity index (χ1v) is 6.26. The summed E-state index contributed by atoms with van der Waals surface area (Å²) in [6.07, 6.45) is 8.66. The second-order valence-electron chi connectivity index (χ2n) is 4.58. The Morgan fingerprint density at radius 3 is 2.94 bits per heavy atom. The van der Waals surface area contributed by atoms with Crippen LogP contribution in [-0.4, -0.2) is 23.8 Å². The third-order valence-corrected chi connectivity index (χ3v) is 3.17. The zero-order chi connectivity index (χ0) is 12.0. The van der Waals surface area contributed by atoms with Gasteiger partial charge in [-0.3, -0.25) is 4.79 Å². The van der Waals surface area contributed by atoms with Gasteiger partial charge in [-0.1, -0.05) is 26.0 Å². The molecule has 0 bridgehead atoms. The lowest BCUT2D eigenvalue weighted by Crippen LogP contribution is -2.36. The Balaban J connectivity index is 2.47. The van der Waals surface area contributed by atoms with E-state index in [0.717, 1.165) is 38.0 Å². The number of unbranched alkanes of at least 4 members (excludes halogenated alkanes) is 1. The Morgan fingerprint density at radius 2 is 2.31 bits per heavy atom. The minimum absolute atomic E-state index is 0.213. The number of rotatable bonds is 5. The molecule has 0 spiro atoms. The van der Waals surface area contributed by atoms with E-state index in [1.54, 1.807) is 6.92 Å². The molecule has 1 aliphatic rings. The van der Waals surface area contributed by atoms with E-state index in [1.807, 2.05) is 0 Å². The Bertz CT molecular complexity index is 280. The molecule has 0 aromatic carbocycles. The van der Waals surface area contributed by atoms with Crippen molar-refractivity contribution >= 4 is 5.78 Å². The topological polar surface area (TPSA) is 20.3 Å². The predicted octanol–water partition coefficient (Wildman–Crippen LogP) is 3.16. The van der Waals surface area contributed by atoms with E-state index in [4.69, 9.17) is 0 Å². The third-order valence-electron chi connectivity index (χ3n) is 3.17. The molecule has 1 atom stereocenters. The number of carbonyl (C=O) groups excluding carboxylic acids is 1. The van der Waals surface area contributed by atoms with Gasteiger partial charge in [-0.05, 0) is 32.3 Å². The first-order chi connectivity index (χ1) is 7.65. The van der Waals surface area contributed by atoms with Crippen LogP contribution >= 0.6 is 0 Å². The second-order valence-corrected chi connectivity index (χ2v) is 4.58. The molecule has 0 aliphatic carbocycles. The van der Waals surface area contributed by atoms with Gasteiger partial charge in [-0.25, -0.2) is 0 Å². The normalized spacial score (nSPS) is 21.4. The molecule has 0 amide bonds. The zero-order valence-corrected chi connectivity index (χ0v) is 10.5. The monoisotopic (exact) mass is 221 g/mol. The van der Waals surface area contributed by atoms with Crippen LogP contribution in [0.4, 0.5) is 0 Å². The highest BCUT2D eigenvalue weighted by atomic mass is 16.1. The molecular formula is C14H23NO. The van der Waals surface area contributed by atoms with Gasteiger partial charge in [0.25, 0.3) is 0 Å². The van der Waals surface area contributed by atoms with Crippen LogP contribution in [0.5, 0.6) is 0 Å². The maximum absolute atomic E-state index is 11.4. The molecule has 1 aliphatic heterocycles. The van der Waals surface area contributed by atoms with Crippen LogP contribution in [0.2, 0.25) is 0 Å². The van der Waals surface area contributed by atoms with E-state index in [1.165, 1.54) is 6.42 Å². The van der Waals surface area contributed by atoms with Crippen LogP contribution in [0.1, 0.15) is 39.5 Å². The van der Waals surface area contributed by atoms with E-state index in [2.05, 4.69) is 30.6 Å². The summed E-state index contributed by atoms with van der Waals surface area (Å²) in [5.74, 6) is 0.528. The van der Waals surface area contributed by atoms with Crippen molar-refractivity contribution in [3.05, 3.63) is 24.4 Å². The van der Waals surface area contributed by atoms with Crippen molar-refractivity contribution in [3.63, 3.8) is 0 Å². The minimum Gasteiger partial charge on any atom is -0.371 e. The highest BCUT2D eigenvalue weighted by Crippen LogP contribution is 2.20. The highest BCUT2D eigenvalue weighted by Gasteiger charge is 2.22. The lowest BCUT2D eigenvalue weighted by atomic mass is 9.94. The molecule has 1 fully saturated rings. The van der Waals surface area contributed by atoms with E-state index in [0.29, 0.717) is 5.78 Å². The van der Waals surface area contributed by atoms with E-state index in [9.17, 15) is 4.79 Å². The standard InChI is InChI=1S/C14H23NO/c1-4-5-6-8-12(2)15-10-7-9-14(11-15)13(3)16/h6,8,14H,2,4-5,7,9-11H2,1,3H3/b8-6-. The molecule has 1 rings (SSSR count). The van der Waals surface area contributed by atoms with Crippen molar-refractivity contribution in [2.75, 3.05) is 13.1 Å². The van der Waals surface area contributed by atoms with E-state index >= 15 is 0 Å². The summed E-state index contributed by atoms with van der Waals surface area (Å²) in [6, 6.07) is 0. The summed E-state index contributed by atoms with van der Waals surface area (Å²) in [4.78, 5) is 13.6. The fourth-order valence-corrected chi connectivity index (χ4v) is 2.06. The van der Waals surface area contributed by atoms with Crippen molar-refractivity contribution in [2.45, 2.75) is 39.5 Å². The fraction of sp³-hybridized carbons (Fsp3) is 0.643. The van der Waals surface area contributed by atoms with Gasteiger partial charge in [-0.2, -0.15) is 0 Å². The number of nitrogens with zero attached hydrogens (tertiary/aromatic N) is 1. The lowest BCUT2D eigenvalue weighted by Gasteiger charge is -2.33. The van der Waals surface area contributed by atoms with E-state index < -0.39 is 0 Å². The molecule has 1 saturated heterocycles. The molecule has 1 heterocycles. The second kappa shape index (κ2) is 6.51. The van der Waals surface area contributed by atoms with Crippen molar-refractivity contribution in [1.29, 1.82) is 0 Å². The van der Waals surface area contributed by atoms with Crippen LogP contribution in [-0.2, 0) is 4.79 Å². The smallest absolute Gasteiger partial charge is 0.134 e. The molecule has 2 nitrogen and oxygen atoms in total. The molecule has 90 valence electrons. The molecule has 16 heavy (non-hydrogen) atoms. The van der Waals surface area contributed by atoms with E-state index in [-0.39, 0.29) is 5.92 Å². The summed E-state index contributed by atoms with van der Waals surface area (Å²) in [5, 5.41) is 0. The molecule has 0 N–H and O–H groups in total. The average molecular weight is 221 g/mol. The largest absolute Gasteiger partial charge is 0.371 e. The summed E-state index contributed by atoms with van der Waals surface area (Å²) >= 11 is 0. The number of carbonyl (C=O) groups is 1. The lowest BCUT2D eigenvalue weighted by molar-refractivity contribution is -0.122. The van der Waals surface area contributed by atoms with Crippen LogP contribution in [0, 0.1) is 5.92 Å². The third kappa shape index (κ3) is 3.84. The number of hydrogen-bond acceptors (Lipinski definition) is 2. The highest BCUT2D eigenvalue weighted by molar-refractivity contribution is 5.78. The average Bonchev–Trinajstić information content (AvgIpc) is 2.29. The van der Waals surface area contributed by atoms with Crippen LogP contribution in [0.25, 0.3) is 0 Å². The first kappa shape index (κ1) is 13.0. The molecule has 0 radical (unpaired) electrons. The quantitative estimate of drug-likeness (QED) is 0.665. The van der Waals surface area contributed by atoms with Gasteiger partial charge in [0.2, 0.25) is 0 Å². The Kier molecular flexibility index (Phi) is 5.30. The summed E-state index contributed by atoms with van der Waals surface area (Å²) in [6.45, 7) is 9.83. The molecule has 0 aromatic heterocycles. The van der Waals surface area contributed by atoms with Gasteiger partial charge in [-0.15, -0.1) is 0 Å². The van der Waals surface area contributed by atoms with Gasteiger partial charge >= 0.3 is 0 Å². The van der Waals surface area contributed by atoms with Crippen LogP contribution < -0.4 is 0 Å². The SMILES string of the molecule is C=C(/C=C\CCC)N1CCCC(C(C)=O)C1. The van der Waals surface area contributed by atoms with Crippen LogP contribution in [0.15, 0.2) is 24.4 Å². The fourth-order valence-electron chi connectivity index (χ4n) is 2.06. The van der Waals surface area contributed by atoms with Gasteiger partial charge in [0, 0.05) is 24.7 Å². The number of piperidine rings is 1. The van der Waals surface area contributed by atoms with Gasteiger partial charge in [0.1, 0.15) is 5.78 Å². The maximum atomic E-state index is 11.4. The number of likely N-dealkylation sites (tertiary alicyclic amines) is 1. The summed E-state index contributed by atoms with van der Waals surface area (Å²) < 4.78 is 0. The molecular weight excluding hydrogens is 198 g/mol. The maximum Gasteiger partial charge on any atom is 0.134 e. The minimum atomic E-state index is 0.213. The van der Waals surface area contributed by atoms with Gasteiger partial charge < -0.3 is 4.90 Å². The molecule has 1 unspecified atom stereocenters. The summed E-state index contributed by atoms with van der Waals surface area (Å²) in [5.41, 5.74) is 1.06. The van der Waals surface area contributed by atoms with Crippen molar-refractivity contribution in [2.24, 2.45) is 5.92 Å². The van der Waals surface area contributed by atoms with Crippen molar-refractivity contribution in [3.8, 4) is 0 Å². The Labute approximate surface area is 99.0 Å². The van der Waals surface area contributed by atoms with Crippen molar-refractivity contribution in [1.82, 2.24) is 4.90 Å². The van der Waals surface area contributed by atoms with Crippen molar-refractivity contribution < 1.29 is 4.79 Å². The molecule has 0 aromatic rings. The Morgan fingerprint density at radius 1 is 1.56 bits per heavy atom. The predicted molar refractivity (Wildman–Crippen MR) is 68.2 cm³/mol. The number of hydrogen-bond donors (Lipinski definition) is 0. The molecule has 2 heteroatoms. The van der Waals surface area contributed by atoms with Crippen LogP contribution in [0.3, 0.4) is 0 Å². The van der Waals surface area contributed by atoms with Gasteiger partial charge in [0.05, 0.1) is 0 Å². The zero-order valence-electron chi connectivity index (χ0n) is 10.5. The van der Waals surface area contributed by atoms with Gasteiger partial charge in [0.15, 0.2) is 0 Å². The molecule has 0 saturated carbocycles.